The predicted octanol–water partition coefficient (Wildman–Crippen LogP) is 2.78. The minimum Gasteiger partial charge on any atom is -0.351 e. The van der Waals surface area contributed by atoms with Crippen molar-refractivity contribution in [3.8, 4) is 5.69 Å². The number of hydrogen-bond donors (Lipinski definition) is 1. The lowest BCUT2D eigenvalue weighted by Crippen LogP contribution is -2.35. The zero-order valence-corrected chi connectivity index (χ0v) is 20.6. The van der Waals surface area contributed by atoms with E-state index in [1.807, 2.05) is 42.1 Å². The number of aryl methyl sites for hydroxylation is 1. The molecule has 35 heavy (non-hydrogen) atoms. The van der Waals surface area contributed by atoms with Crippen molar-refractivity contribution in [3.05, 3.63) is 67.1 Å². The van der Waals surface area contributed by atoms with Gasteiger partial charge in [0.25, 0.3) is 0 Å². The summed E-state index contributed by atoms with van der Waals surface area (Å²) in [5.74, 6) is 0.302. The third-order valence-corrected chi connectivity index (χ3v) is 8.61. The van der Waals surface area contributed by atoms with Crippen LogP contribution in [0.1, 0.15) is 0 Å². The van der Waals surface area contributed by atoms with Crippen LogP contribution < -0.4 is 9.03 Å². The molecule has 0 saturated heterocycles. The quantitative estimate of drug-likeness (QED) is 0.368. The monoisotopic (exact) mass is 511 g/mol. The van der Waals surface area contributed by atoms with E-state index < -0.39 is 20.0 Å². The summed E-state index contributed by atoms with van der Waals surface area (Å²) in [7, 11) is -6.05. The lowest BCUT2D eigenvalue weighted by molar-refractivity contribution is 0.590. The standard InChI is InChI=1S/C22H21N7O4S2/c1-27-11-10-15-12-19(8-9-20(15)27)28-21-16(14-24-28)13-23-22(26-21)25-17-4-6-18(7-5-17)29(34(2,30)31)35(3,32)33/h4-14H,1-3H3,(H,23,25,26). The summed E-state index contributed by atoms with van der Waals surface area (Å²) in [5.41, 5.74) is 3.12. The van der Waals surface area contributed by atoms with Crippen LogP contribution in [0, 0.1) is 0 Å². The van der Waals surface area contributed by atoms with Gasteiger partial charge in [-0.25, -0.2) is 26.5 Å². The lowest BCUT2D eigenvalue weighted by atomic mass is 10.2. The molecule has 0 unspecified atom stereocenters. The molecule has 0 radical (unpaired) electrons. The summed E-state index contributed by atoms with van der Waals surface area (Å²) < 4.78 is 52.1. The Bertz CT molecular complexity index is 1760. The van der Waals surface area contributed by atoms with E-state index in [9.17, 15) is 16.8 Å². The summed E-state index contributed by atoms with van der Waals surface area (Å²) in [5, 5.41) is 9.36. The van der Waals surface area contributed by atoms with Gasteiger partial charge in [-0.15, -0.1) is 0 Å². The molecule has 0 fully saturated rings. The van der Waals surface area contributed by atoms with Crippen molar-refractivity contribution in [1.82, 2.24) is 24.3 Å². The van der Waals surface area contributed by atoms with Crippen molar-refractivity contribution < 1.29 is 16.8 Å². The van der Waals surface area contributed by atoms with Crippen LogP contribution >= 0.6 is 0 Å². The average molecular weight is 512 g/mol. The van der Waals surface area contributed by atoms with E-state index in [2.05, 4.69) is 20.4 Å². The van der Waals surface area contributed by atoms with E-state index in [4.69, 9.17) is 0 Å². The second-order valence-electron chi connectivity index (χ2n) is 8.09. The SMILES string of the molecule is Cn1ccc2cc(-n3ncc4cnc(Nc5ccc(N(S(C)(=O)=O)S(C)(=O)=O)cc5)nc43)ccc21. The number of nitrogens with one attached hydrogen (secondary N) is 1. The highest BCUT2D eigenvalue weighted by atomic mass is 32.3. The largest absolute Gasteiger partial charge is 0.351 e. The molecule has 2 aromatic carbocycles. The van der Waals surface area contributed by atoms with Crippen LogP contribution in [0.3, 0.4) is 0 Å². The minimum atomic E-state index is -4.02. The molecular weight excluding hydrogens is 490 g/mol. The molecule has 0 aliphatic heterocycles. The summed E-state index contributed by atoms with van der Waals surface area (Å²) in [6, 6.07) is 13.9. The summed E-state index contributed by atoms with van der Waals surface area (Å²) >= 11 is 0. The number of aromatic nitrogens is 5. The van der Waals surface area contributed by atoms with Crippen LogP contribution in [0.25, 0.3) is 27.6 Å². The Morgan fingerprint density at radius 1 is 0.886 bits per heavy atom. The van der Waals surface area contributed by atoms with E-state index in [1.165, 1.54) is 12.1 Å². The molecule has 11 nitrogen and oxygen atoms in total. The first-order valence-corrected chi connectivity index (χ1v) is 14.0. The van der Waals surface area contributed by atoms with Crippen LogP contribution in [0.2, 0.25) is 0 Å². The van der Waals surface area contributed by atoms with Gasteiger partial charge in [-0.1, -0.05) is 0 Å². The normalized spacial score (nSPS) is 12.3. The highest BCUT2D eigenvalue weighted by Crippen LogP contribution is 2.26. The van der Waals surface area contributed by atoms with E-state index in [-0.39, 0.29) is 5.69 Å². The maximum absolute atomic E-state index is 12.0. The van der Waals surface area contributed by atoms with Crippen LogP contribution in [-0.2, 0) is 27.1 Å². The van der Waals surface area contributed by atoms with Gasteiger partial charge in [0.1, 0.15) is 0 Å². The van der Waals surface area contributed by atoms with Gasteiger partial charge >= 0.3 is 0 Å². The van der Waals surface area contributed by atoms with Crippen molar-refractivity contribution in [2.45, 2.75) is 0 Å². The molecule has 13 heteroatoms. The molecule has 3 aromatic heterocycles. The second-order valence-corrected chi connectivity index (χ2v) is 12.0. The summed E-state index contributed by atoms with van der Waals surface area (Å²) in [4.78, 5) is 8.92. The van der Waals surface area contributed by atoms with Crippen LogP contribution in [0.4, 0.5) is 17.3 Å². The number of anilines is 3. The van der Waals surface area contributed by atoms with Gasteiger partial charge in [0.2, 0.25) is 26.0 Å². The molecule has 0 amide bonds. The topological polar surface area (TPSA) is 132 Å². The number of benzene rings is 2. The Kier molecular flexibility index (Phi) is 5.25. The number of sulfonamides is 2. The molecule has 0 aliphatic rings. The lowest BCUT2D eigenvalue weighted by Gasteiger charge is -2.19. The van der Waals surface area contributed by atoms with Crippen molar-refractivity contribution in [2.24, 2.45) is 7.05 Å². The Labute approximate surface area is 201 Å². The number of nitrogens with zero attached hydrogens (tertiary/aromatic N) is 6. The zero-order chi connectivity index (χ0) is 25.0. The van der Waals surface area contributed by atoms with Gasteiger partial charge in [-0.05, 0) is 48.5 Å². The Balaban J connectivity index is 1.46. The first-order valence-electron chi connectivity index (χ1n) is 10.3. The fraction of sp³-hybridized carbons (Fsp3) is 0.136. The van der Waals surface area contributed by atoms with Crippen molar-refractivity contribution in [3.63, 3.8) is 0 Å². The predicted molar refractivity (Wildman–Crippen MR) is 135 cm³/mol. The third-order valence-electron chi connectivity index (χ3n) is 5.36. The van der Waals surface area contributed by atoms with Gasteiger partial charge in [0.05, 0.1) is 35.5 Å². The fourth-order valence-corrected chi connectivity index (χ4v) is 6.87. The van der Waals surface area contributed by atoms with Crippen LogP contribution in [0.5, 0.6) is 0 Å². The highest BCUT2D eigenvalue weighted by molar-refractivity contribution is 8.09. The van der Waals surface area contributed by atoms with Gasteiger partial charge < -0.3 is 9.88 Å². The maximum atomic E-state index is 12.0. The van der Waals surface area contributed by atoms with Crippen molar-refractivity contribution in [1.29, 1.82) is 0 Å². The molecule has 5 aromatic rings. The molecule has 1 N–H and O–H groups in total. The van der Waals surface area contributed by atoms with E-state index in [0.717, 1.165) is 34.5 Å². The Morgan fingerprint density at radius 2 is 1.60 bits per heavy atom. The van der Waals surface area contributed by atoms with Gasteiger partial charge in [0.15, 0.2) is 5.65 Å². The smallest absolute Gasteiger partial charge is 0.245 e. The third kappa shape index (κ3) is 4.31. The van der Waals surface area contributed by atoms with Gasteiger partial charge in [-0.2, -0.15) is 13.8 Å². The van der Waals surface area contributed by atoms with Crippen molar-refractivity contribution >= 4 is 59.3 Å². The van der Waals surface area contributed by atoms with Gasteiger partial charge in [-0.3, -0.25) is 0 Å². The molecule has 180 valence electrons. The Morgan fingerprint density at radius 3 is 2.29 bits per heavy atom. The first kappa shape index (κ1) is 22.8. The molecule has 5 rings (SSSR count). The first-order chi connectivity index (χ1) is 16.5. The molecule has 0 bridgehead atoms. The number of fused-ring (bicyclic) bond motifs is 2. The maximum Gasteiger partial charge on any atom is 0.245 e. The van der Waals surface area contributed by atoms with E-state index in [0.29, 0.717) is 21.0 Å². The molecule has 0 aliphatic carbocycles. The Hall–Kier alpha value is -3.97. The summed E-state index contributed by atoms with van der Waals surface area (Å²) in [6.45, 7) is 0. The summed E-state index contributed by atoms with van der Waals surface area (Å²) in [6.07, 6.45) is 7.01. The van der Waals surface area contributed by atoms with E-state index in [1.54, 1.807) is 29.2 Å². The van der Waals surface area contributed by atoms with Gasteiger partial charge in [0, 0.05) is 36.0 Å². The molecule has 0 saturated carbocycles. The molecule has 3 heterocycles. The van der Waals surface area contributed by atoms with E-state index >= 15 is 0 Å². The minimum absolute atomic E-state index is 0.00583. The van der Waals surface area contributed by atoms with Crippen LogP contribution in [0.15, 0.2) is 67.1 Å². The highest BCUT2D eigenvalue weighted by Gasteiger charge is 2.27. The van der Waals surface area contributed by atoms with Crippen LogP contribution in [-0.4, -0.2) is 53.7 Å². The van der Waals surface area contributed by atoms with Crippen molar-refractivity contribution in [2.75, 3.05) is 21.5 Å². The second kappa shape index (κ2) is 8.06. The molecule has 0 atom stereocenters. The molecule has 0 spiro atoms. The number of hydrogen-bond acceptors (Lipinski definition) is 8. The fourth-order valence-electron chi connectivity index (χ4n) is 3.89. The number of rotatable bonds is 6. The average Bonchev–Trinajstić information content (AvgIpc) is 3.36. The zero-order valence-electron chi connectivity index (χ0n) is 19.0. The molecular formula is C22H21N7O4S2.